The quantitative estimate of drug-likeness (QED) is 0.620. The molecule has 0 N–H and O–H groups in total. The summed E-state index contributed by atoms with van der Waals surface area (Å²) in [6, 6.07) is 15.5. The van der Waals surface area contributed by atoms with Gasteiger partial charge in [0.2, 0.25) is 0 Å². The Bertz CT molecular complexity index is 1190. The third kappa shape index (κ3) is 2.75. The summed E-state index contributed by atoms with van der Waals surface area (Å²) >= 11 is 0. The molecule has 5 heteroatoms. The van der Waals surface area contributed by atoms with Gasteiger partial charge in [0.1, 0.15) is 5.75 Å². The number of ether oxygens (including phenoxy) is 1. The summed E-state index contributed by atoms with van der Waals surface area (Å²) in [4.78, 5) is 0.354. The number of hydrogen-bond donors (Lipinski definition) is 0. The van der Waals surface area contributed by atoms with Gasteiger partial charge in [0, 0.05) is 23.6 Å². The molecule has 0 unspecified atom stereocenters. The molecule has 31 heavy (non-hydrogen) atoms. The molecule has 1 saturated carbocycles. The highest BCUT2D eigenvalue weighted by molar-refractivity contribution is 7.89. The Morgan fingerprint density at radius 2 is 1.65 bits per heavy atom. The highest BCUT2D eigenvalue weighted by Gasteiger charge is 2.77. The molecule has 1 spiro atoms. The van der Waals surface area contributed by atoms with E-state index in [1.54, 1.807) is 23.5 Å². The summed E-state index contributed by atoms with van der Waals surface area (Å²) in [5.41, 5.74) is 4.92. The largest absolute Gasteiger partial charge is 0.497 e. The summed E-state index contributed by atoms with van der Waals surface area (Å²) < 4.78 is 33.8. The first-order chi connectivity index (χ1) is 14.7. The molecule has 5 rings (SSSR count). The molecule has 3 aliphatic rings. The first kappa shape index (κ1) is 20.4. The molecule has 2 aliphatic carbocycles. The fourth-order valence-electron chi connectivity index (χ4n) is 6.02. The molecule has 0 saturated heterocycles. The van der Waals surface area contributed by atoms with E-state index in [0.29, 0.717) is 17.4 Å². The van der Waals surface area contributed by atoms with Crippen molar-refractivity contribution < 1.29 is 13.2 Å². The number of benzene rings is 2. The number of hydrogen-bond acceptors (Lipinski definition) is 3. The molecule has 1 fully saturated rings. The molecule has 0 aromatic heterocycles. The van der Waals surface area contributed by atoms with E-state index in [0.717, 1.165) is 24.2 Å². The van der Waals surface area contributed by atoms with Gasteiger partial charge < -0.3 is 4.74 Å². The second kappa shape index (κ2) is 6.73. The minimum atomic E-state index is -3.58. The van der Waals surface area contributed by atoms with Gasteiger partial charge in [-0.3, -0.25) is 4.31 Å². The van der Waals surface area contributed by atoms with Crippen molar-refractivity contribution in [2.75, 3.05) is 13.7 Å². The van der Waals surface area contributed by atoms with Crippen LogP contribution in [0.3, 0.4) is 0 Å². The third-order valence-corrected chi connectivity index (χ3v) is 9.65. The second-order valence-electron chi connectivity index (χ2n) is 9.43. The highest BCUT2D eigenvalue weighted by Crippen LogP contribution is 2.78. The lowest BCUT2D eigenvalue weighted by atomic mass is 9.79. The number of allylic oxidation sites excluding steroid dienone is 3. The summed E-state index contributed by atoms with van der Waals surface area (Å²) in [6.45, 7) is 6.90. The van der Waals surface area contributed by atoms with Crippen molar-refractivity contribution in [2.24, 2.45) is 11.3 Å². The summed E-state index contributed by atoms with van der Waals surface area (Å²) in [5, 5.41) is 0. The summed E-state index contributed by atoms with van der Waals surface area (Å²) in [7, 11) is -1.90. The minimum Gasteiger partial charge on any atom is -0.497 e. The zero-order chi connectivity index (χ0) is 22.0. The van der Waals surface area contributed by atoms with E-state index < -0.39 is 10.0 Å². The zero-order valence-corrected chi connectivity index (χ0v) is 19.4. The maximum Gasteiger partial charge on any atom is 0.263 e. The van der Waals surface area contributed by atoms with Gasteiger partial charge in [-0.05, 0) is 69.4 Å². The van der Waals surface area contributed by atoms with Crippen LogP contribution < -0.4 is 4.74 Å². The van der Waals surface area contributed by atoms with Crippen LogP contribution >= 0.6 is 0 Å². The number of sulfonamides is 1. The van der Waals surface area contributed by atoms with Crippen molar-refractivity contribution in [1.29, 1.82) is 0 Å². The van der Waals surface area contributed by atoms with Crippen LogP contribution in [0.1, 0.15) is 37.8 Å². The third-order valence-electron chi connectivity index (χ3n) is 7.91. The predicted octanol–water partition coefficient (Wildman–Crippen LogP) is 5.21. The highest BCUT2D eigenvalue weighted by atomic mass is 32.2. The molecule has 0 bridgehead atoms. The lowest BCUT2D eigenvalue weighted by molar-refractivity contribution is 0.315. The van der Waals surface area contributed by atoms with E-state index in [1.807, 2.05) is 37.4 Å². The monoisotopic (exact) mass is 435 g/mol. The van der Waals surface area contributed by atoms with Gasteiger partial charge in [0.25, 0.3) is 10.0 Å². The van der Waals surface area contributed by atoms with Crippen LogP contribution in [-0.4, -0.2) is 26.4 Å². The van der Waals surface area contributed by atoms with Crippen molar-refractivity contribution >= 4 is 10.0 Å². The molecule has 3 atom stereocenters. The number of nitrogens with zero attached hydrogens (tertiary/aromatic N) is 1. The van der Waals surface area contributed by atoms with Gasteiger partial charge in [-0.15, -0.1) is 0 Å². The molecule has 0 radical (unpaired) electrons. The standard InChI is InChI=1S/C26H29NO3S/c1-18-5-11-23(12-6-18)31(28,29)27-14-13-26(21-7-9-22(30-4)10-8-21)24-15-19(2)20(3)16-25(24,26)17-27/h5-14,24H,15-17H2,1-4H3/t24-,25-,26-/m0/s1. The average Bonchev–Trinajstić information content (AvgIpc) is 3.36. The lowest BCUT2D eigenvalue weighted by Gasteiger charge is -2.35. The fraction of sp³-hybridized carbons (Fsp3) is 0.385. The molecule has 2 aromatic carbocycles. The Morgan fingerprint density at radius 3 is 2.29 bits per heavy atom. The first-order valence-electron chi connectivity index (χ1n) is 10.8. The van der Waals surface area contributed by atoms with E-state index in [-0.39, 0.29) is 10.8 Å². The van der Waals surface area contributed by atoms with E-state index in [2.05, 4.69) is 32.1 Å². The Morgan fingerprint density at radius 1 is 0.968 bits per heavy atom. The smallest absolute Gasteiger partial charge is 0.263 e. The van der Waals surface area contributed by atoms with Crippen molar-refractivity contribution in [3.05, 3.63) is 83.1 Å². The summed E-state index contributed by atoms with van der Waals surface area (Å²) in [6.07, 6.45) is 5.93. The zero-order valence-electron chi connectivity index (χ0n) is 18.6. The van der Waals surface area contributed by atoms with Crippen LogP contribution in [0.25, 0.3) is 0 Å². The van der Waals surface area contributed by atoms with Crippen molar-refractivity contribution in [3.8, 4) is 5.75 Å². The molecule has 1 heterocycles. The Labute approximate surface area is 185 Å². The Kier molecular flexibility index (Phi) is 4.43. The van der Waals surface area contributed by atoms with Crippen LogP contribution in [0.15, 0.2) is 76.8 Å². The van der Waals surface area contributed by atoms with Crippen LogP contribution in [0.4, 0.5) is 0 Å². The Hall–Kier alpha value is -2.53. The number of methoxy groups -OCH3 is 1. The van der Waals surface area contributed by atoms with Crippen molar-refractivity contribution in [2.45, 2.75) is 43.9 Å². The topological polar surface area (TPSA) is 46.6 Å². The maximum atomic E-state index is 13.5. The molecule has 162 valence electrons. The lowest BCUT2D eigenvalue weighted by Crippen LogP contribution is -2.39. The van der Waals surface area contributed by atoms with Crippen molar-refractivity contribution in [1.82, 2.24) is 4.31 Å². The molecule has 2 aromatic rings. The molecule has 4 nitrogen and oxygen atoms in total. The number of rotatable bonds is 4. The molecular formula is C26H29NO3S. The van der Waals surface area contributed by atoms with Crippen LogP contribution in [0, 0.1) is 18.3 Å². The normalized spacial score (nSPS) is 29.4. The molecule has 0 amide bonds. The maximum absolute atomic E-state index is 13.5. The van der Waals surface area contributed by atoms with E-state index in [1.165, 1.54) is 16.7 Å². The van der Waals surface area contributed by atoms with Crippen LogP contribution in [0.2, 0.25) is 0 Å². The molecular weight excluding hydrogens is 406 g/mol. The van der Waals surface area contributed by atoms with Gasteiger partial charge in [-0.25, -0.2) is 8.42 Å². The number of fused-ring (bicyclic) bond motifs is 1. The van der Waals surface area contributed by atoms with Crippen LogP contribution in [-0.2, 0) is 15.4 Å². The van der Waals surface area contributed by atoms with Crippen LogP contribution in [0.5, 0.6) is 5.75 Å². The van der Waals surface area contributed by atoms with E-state index in [9.17, 15) is 8.42 Å². The first-order valence-corrected chi connectivity index (χ1v) is 12.3. The van der Waals surface area contributed by atoms with Gasteiger partial charge in [0.05, 0.1) is 12.0 Å². The number of aryl methyl sites for hydroxylation is 1. The van der Waals surface area contributed by atoms with Gasteiger partial charge in [0.15, 0.2) is 0 Å². The van der Waals surface area contributed by atoms with Gasteiger partial charge in [-0.2, -0.15) is 0 Å². The average molecular weight is 436 g/mol. The Balaban J connectivity index is 1.58. The summed E-state index contributed by atoms with van der Waals surface area (Å²) in [5.74, 6) is 1.25. The SMILES string of the molecule is COc1ccc([C@]23C=CN(S(=O)(=O)c4ccc(C)cc4)C[C@]24CC(C)=C(C)C[C@@H]43)cc1. The van der Waals surface area contributed by atoms with E-state index >= 15 is 0 Å². The fourth-order valence-corrected chi connectivity index (χ4v) is 7.39. The van der Waals surface area contributed by atoms with E-state index in [4.69, 9.17) is 4.74 Å². The molecule has 1 aliphatic heterocycles. The minimum absolute atomic E-state index is 0.0995. The predicted molar refractivity (Wildman–Crippen MR) is 122 cm³/mol. The van der Waals surface area contributed by atoms with Crippen molar-refractivity contribution in [3.63, 3.8) is 0 Å². The van der Waals surface area contributed by atoms with Gasteiger partial charge in [-0.1, -0.05) is 47.1 Å². The van der Waals surface area contributed by atoms with Gasteiger partial charge >= 0.3 is 0 Å². The second-order valence-corrected chi connectivity index (χ2v) is 11.3.